The average Bonchev–Trinajstić information content (AvgIpc) is 2.04. The van der Waals surface area contributed by atoms with Crippen LogP contribution >= 0.6 is 22.6 Å². The van der Waals surface area contributed by atoms with Crippen LogP contribution in [0, 0.1) is 15.2 Å². The Bertz CT molecular complexity index is 461. The summed E-state index contributed by atoms with van der Waals surface area (Å²) in [6, 6.07) is 2.03. The van der Waals surface area contributed by atoms with E-state index in [-0.39, 0.29) is 9.26 Å². The molecule has 1 N–H and O–H groups in total. The molecule has 0 aromatic heterocycles. The third-order valence-corrected chi connectivity index (χ3v) is 2.91. The average molecular weight is 333 g/mol. The van der Waals surface area contributed by atoms with Crippen LogP contribution in [0.2, 0.25) is 0 Å². The lowest BCUT2D eigenvalue weighted by Crippen LogP contribution is -2.11. The van der Waals surface area contributed by atoms with Gasteiger partial charge in [-0.05, 0) is 34.7 Å². The van der Waals surface area contributed by atoms with Crippen molar-refractivity contribution < 1.29 is 17.2 Å². The molecule has 0 fully saturated rings. The van der Waals surface area contributed by atoms with Crippen molar-refractivity contribution >= 4 is 38.3 Å². The van der Waals surface area contributed by atoms with Gasteiger partial charge >= 0.3 is 0 Å². The van der Waals surface area contributed by atoms with E-state index in [9.17, 15) is 17.2 Å². The summed E-state index contributed by atoms with van der Waals surface area (Å²) in [5, 5.41) is 0. The van der Waals surface area contributed by atoms with Crippen molar-refractivity contribution in [2.45, 2.75) is 0 Å². The van der Waals surface area contributed by atoms with Gasteiger partial charge in [0.05, 0.1) is 15.5 Å². The highest BCUT2D eigenvalue weighted by Gasteiger charge is 2.13. The summed E-state index contributed by atoms with van der Waals surface area (Å²) >= 11 is 1.46. The fourth-order valence-corrected chi connectivity index (χ4v) is 1.83. The summed E-state index contributed by atoms with van der Waals surface area (Å²) in [6.07, 6.45) is 0.892. The van der Waals surface area contributed by atoms with Crippen LogP contribution in [0.4, 0.5) is 14.5 Å². The van der Waals surface area contributed by atoms with Gasteiger partial charge in [-0.3, -0.25) is 4.72 Å². The summed E-state index contributed by atoms with van der Waals surface area (Å²) in [4.78, 5) is 0. The molecule has 0 saturated heterocycles. The van der Waals surface area contributed by atoms with Crippen molar-refractivity contribution in [2.75, 3.05) is 11.0 Å². The molecule has 1 aromatic carbocycles. The Kier molecular flexibility index (Phi) is 3.30. The van der Waals surface area contributed by atoms with E-state index in [0.717, 1.165) is 18.4 Å². The molecule has 0 spiro atoms. The number of anilines is 1. The van der Waals surface area contributed by atoms with Gasteiger partial charge in [0.1, 0.15) is 5.82 Å². The summed E-state index contributed by atoms with van der Waals surface area (Å²) < 4.78 is 49.2. The fourth-order valence-electron chi connectivity index (χ4n) is 0.804. The Morgan fingerprint density at radius 3 is 2.43 bits per heavy atom. The Morgan fingerprint density at radius 2 is 1.93 bits per heavy atom. The minimum atomic E-state index is -3.55. The molecule has 0 unspecified atom stereocenters. The molecule has 0 aliphatic carbocycles. The molecule has 3 nitrogen and oxygen atoms in total. The van der Waals surface area contributed by atoms with Gasteiger partial charge < -0.3 is 0 Å². The second kappa shape index (κ2) is 3.97. The highest BCUT2D eigenvalue weighted by Crippen LogP contribution is 2.22. The summed E-state index contributed by atoms with van der Waals surface area (Å²) in [7, 11) is -3.55. The first-order chi connectivity index (χ1) is 6.31. The minimum absolute atomic E-state index is 0.240. The number of hydrogen-bond donors (Lipinski definition) is 1. The van der Waals surface area contributed by atoms with Gasteiger partial charge in [0.25, 0.3) is 0 Å². The fraction of sp³-hybridized carbons (Fsp3) is 0.143. The molecule has 0 atom stereocenters. The van der Waals surface area contributed by atoms with Gasteiger partial charge in [0.2, 0.25) is 10.0 Å². The van der Waals surface area contributed by atoms with Crippen LogP contribution in [0.5, 0.6) is 0 Å². The highest BCUT2D eigenvalue weighted by atomic mass is 127. The zero-order valence-corrected chi connectivity index (χ0v) is 9.99. The minimum Gasteiger partial charge on any atom is -0.281 e. The maximum Gasteiger partial charge on any atom is 0.229 e. The van der Waals surface area contributed by atoms with E-state index in [1.165, 1.54) is 22.6 Å². The molecule has 0 heterocycles. The largest absolute Gasteiger partial charge is 0.281 e. The first-order valence-electron chi connectivity index (χ1n) is 3.42. The third kappa shape index (κ3) is 2.77. The van der Waals surface area contributed by atoms with Gasteiger partial charge in [0, 0.05) is 0 Å². The van der Waals surface area contributed by atoms with Crippen molar-refractivity contribution in [3.05, 3.63) is 27.3 Å². The summed E-state index contributed by atoms with van der Waals surface area (Å²) in [5.74, 6) is -1.63. The highest BCUT2D eigenvalue weighted by molar-refractivity contribution is 14.1. The Balaban J connectivity index is 3.19. The number of nitrogens with one attached hydrogen (secondary N) is 1. The lowest BCUT2D eigenvalue weighted by molar-refractivity contribution is 0.572. The van der Waals surface area contributed by atoms with Gasteiger partial charge in [-0.25, -0.2) is 17.2 Å². The van der Waals surface area contributed by atoms with Crippen LogP contribution in [-0.2, 0) is 10.0 Å². The van der Waals surface area contributed by atoms with Crippen molar-refractivity contribution in [1.82, 2.24) is 0 Å². The molecule has 1 aromatic rings. The second-order valence-electron chi connectivity index (χ2n) is 2.60. The van der Waals surface area contributed by atoms with Crippen LogP contribution < -0.4 is 4.72 Å². The van der Waals surface area contributed by atoms with Crippen LogP contribution in [-0.4, -0.2) is 14.7 Å². The molecular weight excluding hydrogens is 327 g/mol. The lowest BCUT2D eigenvalue weighted by atomic mass is 10.3. The molecule has 0 amide bonds. The predicted molar refractivity (Wildman–Crippen MR) is 57.5 cm³/mol. The monoisotopic (exact) mass is 333 g/mol. The summed E-state index contributed by atoms with van der Waals surface area (Å²) in [5.41, 5.74) is -0.252. The topological polar surface area (TPSA) is 46.2 Å². The van der Waals surface area contributed by atoms with Crippen molar-refractivity contribution in [2.24, 2.45) is 0 Å². The molecule has 1 rings (SSSR count). The number of rotatable bonds is 2. The number of hydrogen-bond acceptors (Lipinski definition) is 2. The van der Waals surface area contributed by atoms with Crippen molar-refractivity contribution in [3.63, 3.8) is 0 Å². The van der Waals surface area contributed by atoms with Crippen LogP contribution in [0.3, 0.4) is 0 Å². The van der Waals surface area contributed by atoms with Crippen molar-refractivity contribution in [3.8, 4) is 0 Å². The van der Waals surface area contributed by atoms with Gasteiger partial charge in [-0.15, -0.1) is 0 Å². The molecule has 14 heavy (non-hydrogen) atoms. The number of halogens is 3. The SMILES string of the molecule is CS(=O)(=O)Nc1ccc(F)c(I)c1F. The standard InChI is InChI=1S/C7H6F2INO2S/c1-14(12,13)11-5-3-2-4(8)7(10)6(5)9/h2-3,11H,1H3. The van der Waals surface area contributed by atoms with E-state index in [0.29, 0.717) is 0 Å². The first kappa shape index (κ1) is 11.6. The zero-order chi connectivity index (χ0) is 10.9. The van der Waals surface area contributed by atoms with Crippen molar-refractivity contribution in [1.29, 1.82) is 0 Å². The molecule has 0 saturated carbocycles. The molecule has 0 aliphatic heterocycles. The van der Waals surface area contributed by atoms with Crippen LogP contribution in [0.1, 0.15) is 0 Å². The predicted octanol–water partition coefficient (Wildman–Crippen LogP) is 1.94. The van der Waals surface area contributed by atoms with E-state index in [2.05, 4.69) is 0 Å². The zero-order valence-electron chi connectivity index (χ0n) is 7.01. The Morgan fingerprint density at radius 1 is 1.36 bits per heavy atom. The van der Waals surface area contributed by atoms with Gasteiger partial charge in [-0.2, -0.15) is 0 Å². The maximum atomic E-state index is 13.2. The molecule has 7 heteroatoms. The third-order valence-electron chi connectivity index (χ3n) is 1.33. The quantitative estimate of drug-likeness (QED) is 0.664. The normalized spacial score (nSPS) is 11.4. The van der Waals surface area contributed by atoms with E-state index in [1.54, 1.807) is 0 Å². The van der Waals surface area contributed by atoms with E-state index in [4.69, 9.17) is 0 Å². The Hall–Kier alpha value is -0.440. The van der Waals surface area contributed by atoms with Gasteiger partial charge in [-0.1, -0.05) is 0 Å². The first-order valence-corrected chi connectivity index (χ1v) is 6.39. The van der Waals surface area contributed by atoms with Gasteiger partial charge in [0.15, 0.2) is 5.82 Å². The molecule has 78 valence electrons. The maximum absolute atomic E-state index is 13.2. The van der Waals surface area contributed by atoms with E-state index >= 15 is 0 Å². The molecule has 0 bridgehead atoms. The molecular formula is C7H6F2INO2S. The molecule has 0 radical (unpaired) electrons. The second-order valence-corrected chi connectivity index (χ2v) is 5.42. The molecule has 0 aliphatic rings. The van der Waals surface area contributed by atoms with Crippen LogP contribution in [0.15, 0.2) is 12.1 Å². The lowest BCUT2D eigenvalue weighted by Gasteiger charge is -2.06. The van der Waals surface area contributed by atoms with Crippen LogP contribution in [0.25, 0.3) is 0 Å². The summed E-state index contributed by atoms with van der Waals surface area (Å²) in [6.45, 7) is 0. The Labute approximate surface area is 93.7 Å². The number of sulfonamides is 1. The number of benzene rings is 1. The van der Waals surface area contributed by atoms with E-state index < -0.39 is 21.7 Å². The van der Waals surface area contributed by atoms with E-state index in [1.807, 2.05) is 4.72 Å². The smallest absolute Gasteiger partial charge is 0.229 e.